The van der Waals surface area contributed by atoms with Gasteiger partial charge in [-0.2, -0.15) is 5.10 Å². The smallest absolute Gasteiger partial charge is 0.248 e. The number of hydrogen-bond acceptors (Lipinski definition) is 5. The van der Waals surface area contributed by atoms with E-state index in [1.807, 2.05) is 64.2 Å². The van der Waals surface area contributed by atoms with E-state index in [2.05, 4.69) is 16.5 Å². The highest BCUT2D eigenvalue weighted by Crippen LogP contribution is 2.32. The van der Waals surface area contributed by atoms with Crippen molar-refractivity contribution in [2.24, 2.45) is 0 Å². The SMILES string of the molecule is C=C(C)C(=O)N1CCC[C@@H](n2nc(-c3ccc(Oc4ccccc4)cc3)c3cncnc32)C1. The van der Waals surface area contributed by atoms with Gasteiger partial charge in [0.2, 0.25) is 5.91 Å². The van der Waals surface area contributed by atoms with Gasteiger partial charge in [0.15, 0.2) is 5.65 Å². The third-order valence-electron chi connectivity index (χ3n) is 5.87. The number of carbonyl (C=O) groups excluding carboxylic acids is 1. The monoisotopic (exact) mass is 439 g/mol. The Morgan fingerprint density at radius 2 is 1.85 bits per heavy atom. The molecule has 33 heavy (non-hydrogen) atoms. The van der Waals surface area contributed by atoms with Crippen LogP contribution in [0.15, 0.2) is 79.3 Å². The van der Waals surface area contributed by atoms with Crippen LogP contribution in [0.25, 0.3) is 22.3 Å². The number of carbonyl (C=O) groups is 1. The van der Waals surface area contributed by atoms with Crippen molar-refractivity contribution in [2.75, 3.05) is 13.1 Å². The van der Waals surface area contributed by atoms with Gasteiger partial charge in [-0.05, 0) is 56.2 Å². The van der Waals surface area contributed by atoms with E-state index in [0.29, 0.717) is 12.1 Å². The number of benzene rings is 2. The van der Waals surface area contributed by atoms with Gasteiger partial charge in [-0.3, -0.25) is 4.79 Å². The van der Waals surface area contributed by atoms with Crippen LogP contribution in [0, 0.1) is 0 Å². The highest BCUT2D eigenvalue weighted by molar-refractivity contribution is 5.92. The molecule has 7 nitrogen and oxygen atoms in total. The molecule has 1 amide bonds. The van der Waals surface area contributed by atoms with Gasteiger partial charge in [0, 0.05) is 30.4 Å². The zero-order chi connectivity index (χ0) is 22.8. The van der Waals surface area contributed by atoms with Crippen molar-refractivity contribution in [3.8, 4) is 22.8 Å². The van der Waals surface area contributed by atoms with Crippen molar-refractivity contribution >= 4 is 16.9 Å². The molecule has 1 aliphatic rings. The zero-order valence-electron chi connectivity index (χ0n) is 18.5. The van der Waals surface area contributed by atoms with E-state index in [0.717, 1.165) is 53.2 Å². The molecule has 0 aliphatic carbocycles. The number of rotatable bonds is 5. The Hall–Kier alpha value is -4.00. The molecule has 1 fully saturated rings. The predicted octanol–water partition coefficient (Wildman–Crippen LogP) is 5.03. The number of piperidine rings is 1. The van der Waals surface area contributed by atoms with E-state index in [4.69, 9.17) is 9.84 Å². The summed E-state index contributed by atoms with van der Waals surface area (Å²) in [5, 5.41) is 5.84. The van der Waals surface area contributed by atoms with E-state index >= 15 is 0 Å². The maximum absolute atomic E-state index is 12.5. The van der Waals surface area contributed by atoms with Crippen LogP contribution in [0.4, 0.5) is 0 Å². The first-order valence-corrected chi connectivity index (χ1v) is 11.1. The van der Waals surface area contributed by atoms with Crippen molar-refractivity contribution in [1.29, 1.82) is 0 Å². The molecule has 2 aromatic heterocycles. The second kappa shape index (κ2) is 8.86. The predicted molar refractivity (Wildman–Crippen MR) is 127 cm³/mol. The topological polar surface area (TPSA) is 73.1 Å². The summed E-state index contributed by atoms with van der Waals surface area (Å²) in [6.07, 6.45) is 5.19. The molecule has 5 rings (SSSR count). The minimum Gasteiger partial charge on any atom is -0.457 e. The molecule has 1 aliphatic heterocycles. The first-order valence-electron chi connectivity index (χ1n) is 11.1. The number of hydrogen-bond donors (Lipinski definition) is 0. The zero-order valence-corrected chi connectivity index (χ0v) is 18.5. The van der Waals surface area contributed by atoms with Crippen LogP contribution in [-0.2, 0) is 4.79 Å². The molecule has 1 saturated heterocycles. The minimum absolute atomic E-state index is 0.0000147. The van der Waals surface area contributed by atoms with E-state index in [9.17, 15) is 4.79 Å². The summed E-state index contributed by atoms with van der Waals surface area (Å²) in [5.74, 6) is 1.55. The maximum atomic E-state index is 12.5. The average molecular weight is 440 g/mol. The van der Waals surface area contributed by atoms with E-state index in [1.165, 1.54) is 0 Å². The van der Waals surface area contributed by atoms with Crippen molar-refractivity contribution < 1.29 is 9.53 Å². The molecule has 1 atom stereocenters. The molecule has 7 heteroatoms. The number of likely N-dealkylation sites (tertiary alicyclic amines) is 1. The summed E-state index contributed by atoms with van der Waals surface area (Å²) in [5.41, 5.74) is 3.11. The van der Waals surface area contributed by atoms with Crippen LogP contribution in [-0.4, -0.2) is 43.6 Å². The molecular formula is C26H25N5O2. The molecule has 0 N–H and O–H groups in total. The average Bonchev–Trinajstić information content (AvgIpc) is 3.24. The Morgan fingerprint density at radius 3 is 2.61 bits per heavy atom. The van der Waals surface area contributed by atoms with Crippen LogP contribution in [0.1, 0.15) is 25.8 Å². The van der Waals surface area contributed by atoms with Gasteiger partial charge in [0.1, 0.15) is 23.5 Å². The Bertz CT molecular complexity index is 1300. The lowest BCUT2D eigenvalue weighted by molar-refractivity contribution is -0.128. The molecule has 4 aromatic rings. The molecule has 0 saturated carbocycles. The molecule has 3 heterocycles. The fourth-order valence-corrected chi connectivity index (χ4v) is 4.26. The van der Waals surface area contributed by atoms with E-state index in [-0.39, 0.29) is 11.9 Å². The highest BCUT2D eigenvalue weighted by atomic mass is 16.5. The lowest BCUT2D eigenvalue weighted by Gasteiger charge is -2.33. The van der Waals surface area contributed by atoms with Gasteiger partial charge in [0.05, 0.1) is 11.4 Å². The van der Waals surface area contributed by atoms with Gasteiger partial charge in [0.25, 0.3) is 0 Å². The molecule has 166 valence electrons. The van der Waals surface area contributed by atoms with Gasteiger partial charge in [-0.1, -0.05) is 24.8 Å². The Labute approximate surface area is 192 Å². The van der Waals surface area contributed by atoms with Crippen LogP contribution in [0.2, 0.25) is 0 Å². The molecule has 0 radical (unpaired) electrons. The Kier molecular flexibility index (Phi) is 5.60. The third-order valence-corrected chi connectivity index (χ3v) is 5.87. The maximum Gasteiger partial charge on any atom is 0.248 e. The summed E-state index contributed by atoms with van der Waals surface area (Å²) in [4.78, 5) is 23.1. The molecule has 2 aromatic carbocycles. The van der Waals surface area contributed by atoms with Crippen LogP contribution >= 0.6 is 0 Å². The number of nitrogens with zero attached hydrogens (tertiary/aromatic N) is 5. The summed E-state index contributed by atoms with van der Waals surface area (Å²) >= 11 is 0. The number of amides is 1. The van der Waals surface area contributed by atoms with Crippen molar-refractivity contribution in [1.82, 2.24) is 24.6 Å². The molecular weight excluding hydrogens is 414 g/mol. The highest BCUT2D eigenvalue weighted by Gasteiger charge is 2.28. The first kappa shape index (κ1) is 20.9. The van der Waals surface area contributed by atoms with Gasteiger partial charge in [-0.25, -0.2) is 14.6 Å². The molecule has 0 bridgehead atoms. The number of ether oxygens (including phenoxy) is 1. The standard InChI is InChI=1S/C26H25N5O2/c1-18(2)26(32)30-14-6-7-20(16-30)31-25-23(15-27-17-28-25)24(29-31)19-10-12-22(13-11-19)33-21-8-4-3-5-9-21/h3-5,8-13,15,17,20H,1,6-7,14,16H2,2H3/t20-/m1/s1. The quantitative estimate of drug-likeness (QED) is 0.408. The summed E-state index contributed by atoms with van der Waals surface area (Å²) < 4.78 is 7.87. The van der Waals surface area contributed by atoms with E-state index in [1.54, 1.807) is 19.4 Å². The van der Waals surface area contributed by atoms with E-state index < -0.39 is 0 Å². The fourth-order valence-electron chi connectivity index (χ4n) is 4.26. The van der Waals surface area contributed by atoms with Crippen LogP contribution in [0.5, 0.6) is 11.5 Å². The lowest BCUT2D eigenvalue weighted by Crippen LogP contribution is -2.41. The van der Waals surface area contributed by atoms with Gasteiger partial charge >= 0.3 is 0 Å². The molecule has 0 unspecified atom stereocenters. The summed E-state index contributed by atoms with van der Waals surface area (Å²) in [6.45, 7) is 6.90. The molecule has 0 spiro atoms. The van der Waals surface area contributed by atoms with Crippen LogP contribution in [0.3, 0.4) is 0 Å². The second-order valence-corrected chi connectivity index (χ2v) is 8.32. The minimum atomic E-state index is 0.0000147. The first-order chi connectivity index (χ1) is 16.1. The number of para-hydroxylation sites is 1. The van der Waals surface area contributed by atoms with Crippen molar-refractivity contribution in [3.63, 3.8) is 0 Å². The normalized spacial score (nSPS) is 16.0. The summed E-state index contributed by atoms with van der Waals surface area (Å²) in [6, 6.07) is 17.6. The fraction of sp³-hybridized carbons (Fsp3) is 0.231. The van der Waals surface area contributed by atoms with Gasteiger partial charge in [-0.15, -0.1) is 0 Å². The van der Waals surface area contributed by atoms with Crippen LogP contribution < -0.4 is 4.74 Å². The summed E-state index contributed by atoms with van der Waals surface area (Å²) in [7, 11) is 0. The largest absolute Gasteiger partial charge is 0.457 e. The Morgan fingerprint density at radius 1 is 1.09 bits per heavy atom. The van der Waals surface area contributed by atoms with Crippen molar-refractivity contribution in [3.05, 3.63) is 79.3 Å². The van der Waals surface area contributed by atoms with Gasteiger partial charge < -0.3 is 9.64 Å². The van der Waals surface area contributed by atoms with Crippen molar-refractivity contribution in [2.45, 2.75) is 25.8 Å². The number of fused-ring (bicyclic) bond motifs is 1. The second-order valence-electron chi connectivity index (χ2n) is 8.32. The third kappa shape index (κ3) is 4.22. The lowest BCUT2D eigenvalue weighted by atomic mass is 10.0. The Balaban J connectivity index is 1.45. The number of aromatic nitrogens is 4.